The van der Waals surface area contributed by atoms with Crippen LogP contribution in [0.2, 0.25) is 0 Å². The maximum absolute atomic E-state index is 10.1. The molecule has 0 aromatic rings. The fraction of sp³-hybridized carbons (Fsp3) is 0.643. The van der Waals surface area contributed by atoms with Crippen LogP contribution in [0.5, 0.6) is 0 Å². The van der Waals surface area contributed by atoms with Crippen LogP contribution in [0, 0.1) is 11.8 Å². The minimum atomic E-state index is -1.09. The fourth-order valence-corrected chi connectivity index (χ4v) is 3.14. The number of nitrogens with zero attached hydrogens (tertiary/aromatic N) is 2. The molecule has 23 heavy (non-hydrogen) atoms. The second kappa shape index (κ2) is 8.82. The number of amidine groups is 1. The van der Waals surface area contributed by atoms with Gasteiger partial charge in [0.1, 0.15) is 18.0 Å². The summed E-state index contributed by atoms with van der Waals surface area (Å²) < 4.78 is 11.7. The lowest BCUT2D eigenvalue weighted by Crippen LogP contribution is -2.43. The molecule has 0 aromatic carbocycles. The topological polar surface area (TPSA) is 106 Å². The van der Waals surface area contributed by atoms with Crippen molar-refractivity contribution in [3.8, 4) is 11.8 Å². The molecule has 0 spiro atoms. The van der Waals surface area contributed by atoms with Gasteiger partial charge < -0.3 is 30.9 Å². The van der Waals surface area contributed by atoms with Gasteiger partial charge in [-0.1, -0.05) is 33.4 Å². The van der Waals surface area contributed by atoms with Crippen molar-refractivity contribution in [2.45, 2.75) is 38.1 Å². The summed E-state index contributed by atoms with van der Waals surface area (Å²) >= 11 is 0. The summed E-state index contributed by atoms with van der Waals surface area (Å²) in [6, 6.07) is 0. The van der Waals surface area contributed by atoms with Gasteiger partial charge in [0.25, 0.3) is 0 Å². The fourth-order valence-electron chi connectivity index (χ4n) is 2.36. The first-order chi connectivity index (χ1) is 11.1. The molecule has 1 fully saturated rings. The monoisotopic (exact) mass is 358 g/mol. The van der Waals surface area contributed by atoms with E-state index in [0.717, 1.165) is 0 Å². The van der Waals surface area contributed by atoms with Crippen LogP contribution in [0.15, 0.2) is 16.8 Å². The molecular formula is C14H22N4O3S2. The molecule has 128 valence electrons. The van der Waals surface area contributed by atoms with E-state index in [1.54, 1.807) is 32.7 Å². The van der Waals surface area contributed by atoms with Crippen LogP contribution in [0.4, 0.5) is 0 Å². The van der Waals surface area contributed by atoms with E-state index >= 15 is 0 Å². The van der Waals surface area contributed by atoms with Crippen LogP contribution < -0.4 is 11.5 Å². The Morgan fingerprint density at radius 2 is 2.39 bits per heavy atom. The first-order valence-corrected chi connectivity index (χ1v) is 9.92. The zero-order valence-electron chi connectivity index (χ0n) is 13.1. The summed E-state index contributed by atoms with van der Waals surface area (Å²) in [4.78, 5) is 5.61. The summed E-state index contributed by atoms with van der Waals surface area (Å²) in [5.74, 6) is 6.39. The van der Waals surface area contributed by atoms with E-state index in [0.29, 0.717) is 17.9 Å². The highest BCUT2D eigenvalue weighted by Gasteiger charge is 2.38. The predicted octanol–water partition coefficient (Wildman–Crippen LogP) is 0.270. The van der Waals surface area contributed by atoms with Gasteiger partial charge >= 0.3 is 0 Å². The van der Waals surface area contributed by atoms with Crippen LogP contribution in [0.3, 0.4) is 0 Å². The average Bonchev–Trinajstić information content (AvgIpc) is 2.88. The van der Waals surface area contributed by atoms with Gasteiger partial charge in [-0.25, -0.2) is 4.99 Å². The third-order valence-electron chi connectivity index (χ3n) is 3.51. The summed E-state index contributed by atoms with van der Waals surface area (Å²) in [6.45, 7) is 2.19. The van der Waals surface area contributed by atoms with Crippen molar-refractivity contribution < 1.29 is 14.6 Å². The Kier molecular flexibility index (Phi) is 7.08. The van der Waals surface area contributed by atoms with Gasteiger partial charge in [0.2, 0.25) is 6.35 Å². The number of aliphatic imine (C=N–C) groups is 1. The molecule has 0 saturated carbocycles. The first kappa shape index (κ1) is 18.4. The number of hydrogen-bond donors (Lipinski definition) is 3. The van der Waals surface area contributed by atoms with E-state index in [-0.39, 0.29) is 30.8 Å². The molecule has 9 heteroatoms. The van der Waals surface area contributed by atoms with Crippen molar-refractivity contribution in [2.75, 3.05) is 18.7 Å². The number of ether oxygens (including phenoxy) is 2. The number of aliphatic hydroxyl groups excluding tert-OH is 1. The first-order valence-electron chi connectivity index (χ1n) is 7.19. The Bertz CT molecular complexity index is 532. The SMILES string of the molecule is CSSCO[C@H]1CC(N2C=C(C#CCN)C(N)=NC2O)O[C@@H]1C. The minimum Gasteiger partial charge on any atom is -0.383 e. The lowest BCUT2D eigenvalue weighted by Gasteiger charge is -2.32. The molecule has 2 aliphatic heterocycles. The number of aliphatic hydroxyl groups is 1. The van der Waals surface area contributed by atoms with Crippen LogP contribution >= 0.6 is 21.6 Å². The Hall–Kier alpha value is -0.890. The van der Waals surface area contributed by atoms with Gasteiger partial charge in [-0.2, -0.15) is 0 Å². The third kappa shape index (κ3) is 4.79. The van der Waals surface area contributed by atoms with E-state index in [9.17, 15) is 5.11 Å². The zero-order chi connectivity index (χ0) is 16.8. The predicted molar refractivity (Wildman–Crippen MR) is 94.2 cm³/mol. The van der Waals surface area contributed by atoms with Gasteiger partial charge in [-0.3, -0.25) is 0 Å². The molecule has 2 aliphatic rings. The van der Waals surface area contributed by atoms with E-state index in [1.165, 1.54) is 0 Å². The van der Waals surface area contributed by atoms with Gasteiger partial charge in [-0.05, 0) is 13.2 Å². The quantitative estimate of drug-likeness (QED) is 0.278. The Morgan fingerprint density at radius 3 is 3.09 bits per heavy atom. The Morgan fingerprint density at radius 1 is 1.61 bits per heavy atom. The lowest BCUT2D eigenvalue weighted by atomic mass is 10.2. The van der Waals surface area contributed by atoms with Gasteiger partial charge in [0.15, 0.2) is 0 Å². The summed E-state index contributed by atoms with van der Waals surface area (Å²) in [5.41, 5.74) is 11.7. The Balaban J connectivity index is 2.04. The smallest absolute Gasteiger partial charge is 0.229 e. The molecule has 2 unspecified atom stereocenters. The maximum Gasteiger partial charge on any atom is 0.229 e. The molecule has 0 amide bonds. The molecule has 0 aliphatic carbocycles. The molecule has 0 radical (unpaired) electrons. The highest BCUT2D eigenvalue weighted by Crippen LogP contribution is 2.30. The van der Waals surface area contributed by atoms with Crippen molar-refractivity contribution >= 4 is 27.4 Å². The van der Waals surface area contributed by atoms with E-state index in [4.69, 9.17) is 20.9 Å². The van der Waals surface area contributed by atoms with Crippen molar-refractivity contribution in [1.82, 2.24) is 4.90 Å². The Labute approximate surface area is 144 Å². The van der Waals surface area contributed by atoms with Crippen LogP contribution in [0.1, 0.15) is 13.3 Å². The van der Waals surface area contributed by atoms with Crippen molar-refractivity contribution in [2.24, 2.45) is 16.5 Å². The van der Waals surface area contributed by atoms with Crippen molar-refractivity contribution in [3.63, 3.8) is 0 Å². The van der Waals surface area contributed by atoms with E-state index in [2.05, 4.69) is 16.8 Å². The number of nitrogens with two attached hydrogens (primary N) is 2. The largest absolute Gasteiger partial charge is 0.383 e. The van der Waals surface area contributed by atoms with Crippen LogP contribution in [0.25, 0.3) is 0 Å². The molecular weight excluding hydrogens is 336 g/mol. The molecule has 2 heterocycles. The number of rotatable bonds is 5. The second-order valence-corrected chi connectivity index (χ2v) is 7.51. The summed E-state index contributed by atoms with van der Waals surface area (Å²) in [7, 11) is 3.30. The maximum atomic E-state index is 10.1. The third-order valence-corrected chi connectivity index (χ3v) is 4.97. The highest BCUT2D eigenvalue weighted by molar-refractivity contribution is 8.76. The molecule has 4 atom stereocenters. The molecule has 2 rings (SSSR count). The molecule has 1 saturated heterocycles. The van der Waals surface area contributed by atoms with Gasteiger partial charge in [0, 0.05) is 12.6 Å². The van der Waals surface area contributed by atoms with E-state index in [1.807, 2.05) is 13.2 Å². The standard InChI is InChI=1S/C14H22N4O3S2/c1-9-11(20-8-23-22-2)6-12(21-9)18-7-10(4-3-5-15)13(16)17-14(18)19/h7,9,11-12,14,19H,5-6,8,15H2,1-2H3,(H2,16,17)/t9-,11+,12?,14?/m1/s1. The summed E-state index contributed by atoms with van der Waals surface area (Å²) in [6.07, 6.45) is 2.80. The average molecular weight is 358 g/mol. The summed E-state index contributed by atoms with van der Waals surface area (Å²) in [5, 5.41) is 10.1. The highest BCUT2D eigenvalue weighted by atomic mass is 33.1. The van der Waals surface area contributed by atoms with Gasteiger partial charge in [0.05, 0.1) is 24.3 Å². The normalized spacial score (nSPS) is 30.5. The molecule has 5 N–H and O–H groups in total. The van der Waals surface area contributed by atoms with Gasteiger partial charge in [-0.15, -0.1) is 0 Å². The zero-order valence-corrected chi connectivity index (χ0v) is 14.8. The molecule has 0 bridgehead atoms. The van der Waals surface area contributed by atoms with Crippen molar-refractivity contribution in [1.29, 1.82) is 0 Å². The van der Waals surface area contributed by atoms with Crippen LogP contribution in [-0.4, -0.2) is 59.4 Å². The van der Waals surface area contributed by atoms with Crippen LogP contribution in [-0.2, 0) is 9.47 Å². The minimum absolute atomic E-state index is 0.0259. The lowest BCUT2D eigenvalue weighted by molar-refractivity contribution is -0.0978. The molecule has 7 nitrogen and oxygen atoms in total. The van der Waals surface area contributed by atoms with Crippen molar-refractivity contribution in [3.05, 3.63) is 11.8 Å². The molecule has 0 aromatic heterocycles. The second-order valence-electron chi connectivity index (χ2n) is 5.00. The number of hydrogen-bond acceptors (Lipinski definition) is 9. The van der Waals surface area contributed by atoms with E-state index < -0.39 is 6.35 Å².